The third-order valence-corrected chi connectivity index (χ3v) is 2.38. The van der Waals surface area contributed by atoms with Crippen LogP contribution in [0, 0.1) is 0 Å². The van der Waals surface area contributed by atoms with Crippen LogP contribution >= 0.6 is 12.6 Å². The maximum absolute atomic E-state index is 11.6. The summed E-state index contributed by atoms with van der Waals surface area (Å²) >= 11 is 1.78. The van der Waals surface area contributed by atoms with Crippen molar-refractivity contribution in [1.29, 1.82) is 0 Å². The first kappa shape index (κ1) is 9.72. The number of halogens is 1. The van der Waals surface area contributed by atoms with Crippen LogP contribution in [0.4, 0.5) is 4.48 Å². The van der Waals surface area contributed by atoms with Crippen LogP contribution in [0.5, 0.6) is 0 Å². The predicted molar refractivity (Wildman–Crippen MR) is 45.8 cm³/mol. The van der Waals surface area contributed by atoms with Crippen LogP contribution in [-0.2, 0) is 17.8 Å². The Bertz CT molecular complexity index is 302. The molecule has 1 aromatic rings. The first-order valence-corrected chi connectivity index (χ1v) is 4.51. The SMILES string of the molecule is O=S(O)n1cc(CNF)cc1S. The molecule has 0 saturated carbocycles. The highest BCUT2D eigenvalue weighted by molar-refractivity contribution is 7.82. The second kappa shape index (κ2) is 4.04. The van der Waals surface area contributed by atoms with Gasteiger partial charge in [-0.15, -0.1) is 17.1 Å². The summed E-state index contributed by atoms with van der Waals surface area (Å²) in [4.78, 5) is 0. The van der Waals surface area contributed by atoms with Gasteiger partial charge in [-0.05, 0) is 11.6 Å². The van der Waals surface area contributed by atoms with Crippen molar-refractivity contribution in [1.82, 2.24) is 9.51 Å². The van der Waals surface area contributed by atoms with Gasteiger partial charge in [-0.25, -0.2) is 8.18 Å². The third kappa shape index (κ3) is 2.07. The second-order valence-corrected chi connectivity index (χ2v) is 3.39. The molecule has 0 saturated heterocycles. The van der Waals surface area contributed by atoms with Crippen LogP contribution in [0.3, 0.4) is 0 Å². The van der Waals surface area contributed by atoms with Crippen molar-refractivity contribution >= 4 is 23.9 Å². The smallest absolute Gasteiger partial charge is 0.266 e. The minimum Gasteiger partial charge on any atom is -0.289 e. The van der Waals surface area contributed by atoms with Crippen LogP contribution in [0.15, 0.2) is 17.3 Å². The van der Waals surface area contributed by atoms with E-state index in [-0.39, 0.29) is 6.54 Å². The summed E-state index contributed by atoms with van der Waals surface area (Å²) in [6, 6.07) is 1.50. The fraction of sp³-hybridized carbons (Fsp3) is 0.200. The maximum Gasteiger partial charge on any atom is 0.266 e. The molecule has 0 amide bonds. The topological polar surface area (TPSA) is 54.3 Å². The van der Waals surface area contributed by atoms with Crippen LogP contribution < -0.4 is 5.54 Å². The highest BCUT2D eigenvalue weighted by Gasteiger charge is 2.05. The highest BCUT2D eigenvalue weighted by atomic mass is 32.2. The number of rotatable bonds is 3. The fourth-order valence-corrected chi connectivity index (χ4v) is 1.65. The van der Waals surface area contributed by atoms with E-state index in [2.05, 4.69) is 12.6 Å². The van der Waals surface area contributed by atoms with Gasteiger partial charge in [0, 0.05) is 6.20 Å². The predicted octanol–water partition coefficient (Wildman–Crippen LogP) is 0.736. The number of hydrogen-bond donors (Lipinski definition) is 3. The van der Waals surface area contributed by atoms with E-state index in [9.17, 15) is 8.69 Å². The summed E-state index contributed by atoms with van der Waals surface area (Å²) < 4.78 is 31.8. The van der Waals surface area contributed by atoms with E-state index in [1.54, 1.807) is 0 Å². The molecule has 0 fully saturated rings. The van der Waals surface area contributed by atoms with Gasteiger partial charge in [0.05, 0.1) is 11.6 Å². The summed E-state index contributed by atoms with van der Waals surface area (Å²) in [5, 5.41) is 0.320. The zero-order valence-electron chi connectivity index (χ0n) is 5.90. The lowest BCUT2D eigenvalue weighted by Gasteiger charge is -1.94. The Balaban J connectivity index is 2.92. The number of nitrogens with zero attached hydrogens (tertiary/aromatic N) is 1. The Labute approximate surface area is 76.5 Å². The number of aromatic nitrogens is 1. The lowest BCUT2D eigenvalue weighted by atomic mass is 10.3. The average molecular weight is 210 g/mol. The zero-order chi connectivity index (χ0) is 9.14. The van der Waals surface area contributed by atoms with Gasteiger partial charge in [0.25, 0.3) is 11.3 Å². The third-order valence-electron chi connectivity index (χ3n) is 1.26. The molecule has 0 radical (unpaired) electrons. The maximum atomic E-state index is 11.6. The molecule has 4 nitrogen and oxygen atoms in total. The molecule has 1 atom stereocenters. The number of thiol groups is 1. The van der Waals surface area contributed by atoms with Gasteiger partial charge in [-0.2, -0.15) is 5.54 Å². The van der Waals surface area contributed by atoms with Gasteiger partial charge in [-0.1, -0.05) is 0 Å². The quantitative estimate of drug-likeness (QED) is 0.392. The first-order chi connectivity index (χ1) is 5.65. The van der Waals surface area contributed by atoms with Crippen molar-refractivity contribution in [2.24, 2.45) is 0 Å². The van der Waals surface area contributed by atoms with Gasteiger partial charge in [-0.3, -0.25) is 4.55 Å². The van der Waals surface area contributed by atoms with E-state index in [1.807, 2.05) is 0 Å². The molecule has 1 unspecified atom stereocenters. The van der Waals surface area contributed by atoms with Crippen LogP contribution in [0.2, 0.25) is 0 Å². The molecule has 0 aromatic carbocycles. The molecular weight excluding hydrogens is 203 g/mol. The molecule has 0 aliphatic rings. The molecule has 2 N–H and O–H groups in total. The van der Waals surface area contributed by atoms with Gasteiger partial charge in [0.2, 0.25) is 0 Å². The molecular formula is C5H7FN2O2S2. The summed E-state index contributed by atoms with van der Waals surface area (Å²) in [7, 11) is 0. The summed E-state index contributed by atoms with van der Waals surface area (Å²) in [6.07, 6.45) is 1.35. The monoisotopic (exact) mass is 210 g/mol. The Morgan fingerprint density at radius 2 is 2.50 bits per heavy atom. The minimum atomic E-state index is -2.13. The molecule has 0 bridgehead atoms. The average Bonchev–Trinajstić information content (AvgIpc) is 2.32. The standard InChI is InChI=1S/C5H7FN2O2S2/c6-7-2-4-1-5(11)8(3-4)12(9)10/h1,3,7,11H,2H2,(H,9,10). The number of nitrogens with one attached hydrogen (secondary N) is 1. The van der Waals surface area contributed by atoms with E-state index in [0.717, 1.165) is 3.97 Å². The molecule has 0 aliphatic heterocycles. The van der Waals surface area contributed by atoms with Crippen molar-refractivity contribution in [3.8, 4) is 0 Å². The lowest BCUT2D eigenvalue weighted by molar-refractivity contribution is 0.330. The van der Waals surface area contributed by atoms with Crippen molar-refractivity contribution in [2.75, 3.05) is 0 Å². The molecule has 12 heavy (non-hydrogen) atoms. The molecule has 1 aromatic heterocycles. The second-order valence-electron chi connectivity index (χ2n) is 2.07. The van der Waals surface area contributed by atoms with Crippen molar-refractivity contribution in [3.63, 3.8) is 0 Å². The van der Waals surface area contributed by atoms with Crippen LogP contribution in [0.25, 0.3) is 0 Å². The molecule has 7 heteroatoms. The fourth-order valence-electron chi connectivity index (χ4n) is 0.782. The number of hydrogen-bond acceptors (Lipinski definition) is 3. The van der Waals surface area contributed by atoms with E-state index in [0.29, 0.717) is 10.6 Å². The van der Waals surface area contributed by atoms with Gasteiger partial charge in [0.1, 0.15) is 0 Å². The highest BCUT2D eigenvalue weighted by Crippen LogP contribution is 2.12. The van der Waals surface area contributed by atoms with Crippen molar-refractivity contribution in [2.45, 2.75) is 11.6 Å². The largest absolute Gasteiger partial charge is 0.289 e. The Morgan fingerprint density at radius 3 is 2.92 bits per heavy atom. The lowest BCUT2D eigenvalue weighted by Crippen LogP contribution is -2.01. The molecule has 0 aliphatic carbocycles. The summed E-state index contributed by atoms with van der Waals surface area (Å²) in [6.45, 7) is -0.00222. The Kier molecular flexibility index (Phi) is 3.27. The van der Waals surface area contributed by atoms with E-state index in [1.165, 1.54) is 17.8 Å². The van der Waals surface area contributed by atoms with Crippen LogP contribution in [-0.4, -0.2) is 12.7 Å². The van der Waals surface area contributed by atoms with Crippen LogP contribution in [0.1, 0.15) is 5.56 Å². The Morgan fingerprint density at radius 1 is 1.83 bits per heavy atom. The van der Waals surface area contributed by atoms with Crippen molar-refractivity contribution in [3.05, 3.63) is 17.8 Å². The summed E-state index contributed by atoms with van der Waals surface area (Å²) in [5.74, 6) is 0. The van der Waals surface area contributed by atoms with E-state index >= 15 is 0 Å². The van der Waals surface area contributed by atoms with Gasteiger partial charge in [0.15, 0.2) is 0 Å². The summed E-state index contributed by atoms with van der Waals surface area (Å²) in [5.41, 5.74) is 2.00. The molecule has 0 spiro atoms. The first-order valence-electron chi connectivity index (χ1n) is 3.00. The zero-order valence-corrected chi connectivity index (χ0v) is 7.61. The minimum absolute atomic E-state index is 0.00222. The molecule has 68 valence electrons. The van der Waals surface area contributed by atoms with Crippen molar-refractivity contribution < 1.29 is 13.2 Å². The molecule has 1 rings (SSSR count). The van der Waals surface area contributed by atoms with Gasteiger partial charge < -0.3 is 0 Å². The molecule has 1 heterocycles. The van der Waals surface area contributed by atoms with Gasteiger partial charge >= 0.3 is 0 Å². The van der Waals surface area contributed by atoms with E-state index in [4.69, 9.17) is 4.55 Å². The Hall–Kier alpha value is -0.370. The normalized spacial score (nSPS) is 13.2. The van der Waals surface area contributed by atoms with E-state index < -0.39 is 11.3 Å².